The number of nitrogens with zero attached hydrogens (tertiary/aromatic N) is 2. The standard InChI is InChI=1S/C13H14F3N3/c14-13(15,16)9-4-1-3-8(7-9)11-18-10-5-2-6-17-12(10)19-11/h2,5-6,8-9H,1,3-4,7H2,(H,17,18,19). The van der Waals surface area contributed by atoms with Crippen molar-refractivity contribution >= 4 is 11.2 Å². The van der Waals surface area contributed by atoms with Crippen LogP contribution in [-0.2, 0) is 0 Å². The minimum Gasteiger partial charge on any atom is -0.340 e. The van der Waals surface area contributed by atoms with Crippen molar-refractivity contribution in [1.29, 1.82) is 0 Å². The van der Waals surface area contributed by atoms with Crippen molar-refractivity contribution in [1.82, 2.24) is 15.0 Å². The topological polar surface area (TPSA) is 41.6 Å². The van der Waals surface area contributed by atoms with Crippen molar-refractivity contribution in [2.45, 2.75) is 37.8 Å². The van der Waals surface area contributed by atoms with Gasteiger partial charge in [0.2, 0.25) is 0 Å². The molecule has 0 bridgehead atoms. The zero-order valence-corrected chi connectivity index (χ0v) is 10.2. The van der Waals surface area contributed by atoms with Gasteiger partial charge >= 0.3 is 6.18 Å². The summed E-state index contributed by atoms with van der Waals surface area (Å²) in [6.45, 7) is 0. The molecule has 0 saturated heterocycles. The molecule has 2 atom stereocenters. The van der Waals surface area contributed by atoms with Crippen LogP contribution in [0.25, 0.3) is 11.2 Å². The Morgan fingerprint density at radius 3 is 2.84 bits per heavy atom. The average Bonchev–Trinajstić information content (AvgIpc) is 2.81. The number of H-pyrrole nitrogens is 1. The number of hydrogen-bond acceptors (Lipinski definition) is 2. The predicted molar refractivity (Wildman–Crippen MR) is 64.6 cm³/mol. The first-order valence-electron chi connectivity index (χ1n) is 6.41. The van der Waals surface area contributed by atoms with Crippen LogP contribution in [0.3, 0.4) is 0 Å². The van der Waals surface area contributed by atoms with E-state index in [0.717, 1.165) is 11.9 Å². The molecule has 2 heterocycles. The van der Waals surface area contributed by atoms with Gasteiger partial charge in [-0.1, -0.05) is 6.42 Å². The summed E-state index contributed by atoms with van der Waals surface area (Å²) in [6.07, 6.45) is -0.747. The molecule has 2 aromatic rings. The monoisotopic (exact) mass is 269 g/mol. The molecule has 1 aliphatic rings. The number of alkyl halides is 3. The Labute approximate surface area is 108 Å². The molecular weight excluding hydrogens is 255 g/mol. The zero-order valence-electron chi connectivity index (χ0n) is 10.2. The first kappa shape index (κ1) is 12.4. The van der Waals surface area contributed by atoms with Crippen LogP contribution in [-0.4, -0.2) is 21.1 Å². The minimum absolute atomic E-state index is 0.128. The van der Waals surface area contributed by atoms with Gasteiger partial charge in [-0.3, -0.25) is 0 Å². The van der Waals surface area contributed by atoms with Crippen LogP contribution in [0.4, 0.5) is 13.2 Å². The van der Waals surface area contributed by atoms with Gasteiger partial charge in [-0.05, 0) is 31.4 Å². The maximum Gasteiger partial charge on any atom is 0.391 e. The lowest BCUT2D eigenvalue weighted by Crippen LogP contribution is -2.28. The number of imidazole rings is 1. The average molecular weight is 269 g/mol. The molecule has 2 aromatic heterocycles. The van der Waals surface area contributed by atoms with Crippen LogP contribution in [0.5, 0.6) is 0 Å². The van der Waals surface area contributed by atoms with Gasteiger partial charge in [0.05, 0.1) is 11.4 Å². The molecule has 1 N–H and O–H groups in total. The minimum atomic E-state index is -4.09. The Morgan fingerprint density at radius 1 is 1.26 bits per heavy atom. The van der Waals surface area contributed by atoms with E-state index in [9.17, 15) is 13.2 Å². The van der Waals surface area contributed by atoms with Crippen molar-refractivity contribution in [2.24, 2.45) is 5.92 Å². The lowest BCUT2D eigenvalue weighted by Gasteiger charge is -2.29. The molecule has 3 nitrogen and oxygen atoms in total. The zero-order chi connectivity index (χ0) is 13.5. The molecule has 0 amide bonds. The highest BCUT2D eigenvalue weighted by molar-refractivity contribution is 5.70. The van der Waals surface area contributed by atoms with Crippen molar-refractivity contribution in [3.8, 4) is 0 Å². The van der Waals surface area contributed by atoms with E-state index in [4.69, 9.17) is 0 Å². The molecule has 1 saturated carbocycles. The van der Waals surface area contributed by atoms with Gasteiger partial charge in [0.25, 0.3) is 0 Å². The molecule has 0 spiro atoms. The number of fused-ring (bicyclic) bond motifs is 1. The molecule has 1 aliphatic carbocycles. The third-order valence-electron chi connectivity index (χ3n) is 3.80. The normalized spacial score (nSPS) is 24.8. The SMILES string of the molecule is FC(F)(F)C1CCCC(c2nc3ncccc3[nH]2)C1. The van der Waals surface area contributed by atoms with Gasteiger partial charge in [0.1, 0.15) is 5.82 Å². The summed E-state index contributed by atoms with van der Waals surface area (Å²) in [4.78, 5) is 11.5. The molecule has 1 fully saturated rings. The quantitative estimate of drug-likeness (QED) is 0.855. The molecule has 2 unspecified atom stereocenters. The fourth-order valence-electron chi connectivity index (χ4n) is 2.79. The molecule has 3 rings (SSSR count). The smallest absolute Gasteiger partial charge is 0.340 e. The number of rotatable bonds is 1. The Kier molecular flexibility index (Phi) is 2.95. The summed E-state index contributed by atoms with van der Waals surface area (Å²) >= 11 is 0. The van der Waals surface area contributed by atoms with E-state index in [1.807, 2.05) is 6.07 Å². The summed E-state index contributed by atoms with van der Waals surface area (Å²) in [7, 11) is 0. The molecule has 0 aromatic carbocycles. The van der Waals surface area contributed by atoms with Crippen molar-refractivity contribution < 1.29 is 13.2 Å². The summed E-state index contributed by atoms with van der Waals surface area (Å²) in [6, 6.07) is 3.62. The number of nitrogens with one attached hydrogen (secondary N) is 1. The highest BCUT2D eigenvalue weighted by atomic mass is 19.4. The number of pyridine rings is 1. The van der Waals surface area contributed by atoms with Crippen LogP contribution in [0.2, 0.25) is 0 Å². The van der Waals surface area contributed by atoms with E-state index in [0.29, 0.717) is 17.9 Å². The fraction of sp³-hybridized carbons (Fsp3) is 0.538. The molecule has 19 heavy (non-hydrogen) atoms. The highest BCUT2D eigenvalue weighted by Crippen LogP contribution is 2.43. The third-order valence-corrected chi connectivity index (χ3v) is 3.80. The molecular formula is C13H14F3N3. The van der Waals surface area contributed by atoms with Crippen molar-refractivity contribution in [2.75, 3.05) is 0 Å². The van der Waals surface area contributed by atoms with Crippen LogP contribution in [0, 0.1) is 5.92 Å². The lowest BCUT2D eigenvalue weighted by molar-refractivity contribution is -0.183. The molecule has 6 heteroatoms. The predicted octanol–water partition coefficient (Wildman–Crippen LogP) is 3.79. The lowest BCUT2D eigenvalue weighted by atomic mass is 9.80. The van der Waals surface area contributed by atoms with Crippen LogP contribution >= 0.6 is 0 Å². The summed E-state index contributed by atoms with van der Waals surface area (Å²) in [5.74, 6) is -0.704. The van der Waals surface area contributed by atoms with Gasteiger partial charge in [-0.2, -0.15) is 13.2 Å². The van der Waals surface area contributed by atoms with Gasteiger partial charge in [-0.25, -0.2) is 9.97 Å². The third kappa shape index (κ3) is 2.43. The Hall–Kier alpha value is -1.59. The van der Waals surface area contributed by atoms with Crippen LogP contribution < -0.4 is 0 Å². The van der Waals surface area contributed by atoms with E-state index in [-0.39, 0.29) is 18.8 Å². The first-order chi connectivity index (χ1) is 9.04. The molecule has 102 valence electrons. The maximum atomic E-state index is 12.8. The summed E-state index contributed by atoms with van der Waals surface area (Å²) < 4.78 is 38.4. The first-order valence-corrected chi connectivity index (χ1v) is 6.41. The number of hydrogen-bond donors (Lipinski definition) is 1. The van der Waals surface area contributed by atoms with E-state index in [2.05, 4.69) is 15.0 Å². The second kappa shape index (κ2) is 4.51. The number of halogens is 3. The van der Waals surface area contributed by atoms with E-state index in [1.165, 1.54) is 0 Å². The van der Waals surface area contributed by atoms with E-state index < -0.39 is 12.1 Å². The van der Waals surface area contributed by atoms with Crippen LogP contribution in [0.1, 0.15) is 37.4 Å². The largest absolute Gasteiger partial charge is 0.391 e. The summed E-state index contributed by atoms with van der Waals surface area (Å²) in [5.41, 5.74) is 1.36. The molecule has 0 radical (unpaired) electrons. The Morgan fingerprint density at radius 2 is 2.11 bits per heavy atom. The maximum absolute atomic E-state index is 12.8. The van der Waals surface area contributed by atoms with Crippen molar-refractivity contribution in [3.63, 3.8) is 0 Å². The van der Waals surface area contributed by atoms with Crippen molar-refractivity contribution in [3.05, 3.63) is 24.2 Å². The van der Waals surface area contributed by atoms with E-state index >= 15 is 0 Å². The van der Waals surface area contributed by atoms with E-state index in [1.54, 1.807) is 12.3 Å². The second-order valence-corrected chi connectivity index (χ2v) is 5.10. The van der Waals surface area contributed by atoms with Gasteiger partial charge in [0, 0.05) is 12.1 Å². The number of aromatic amines is 1. The van der Waals surface area contributed by atoms with Crippen LogP contribution in [0.15, 0.2) is 18.3 Å². The van der Waals surface area contributed by atoms with Gasteiger partial charge in [0.15, 0.2) is 5.65 Å². The fourth-order valence-corrected chi connectivity index (χ4v) is 2.79. The Balaban J connectivity index is 1.85. The Bertz CT molecular complexity index is 543. The van der Waals surface area contributed by atoms with Gasteiger partial charge < -0.3 is 4.98 Å². The molecule has 0 aliphatic heterocycles. The second-order valence-electron chi connectivity index (χ2n) is 5.10. The van der Waals surface area contributed by atoms with Gasteiger partial charge in [-0.15, -0.1) is 0 Å². The highest BCUT2D eigenvalue weighted by Gasteiger charge is 2.42. The number of aromatic nitrogens is 3. The summed E-state index contributed by atoms with van der Waals surface area (Å²) in [5, 5.41) is 0.